The zero-order valence-corrected chi connectivity index (χ0v) is 16.9. The molecule has 0 aliphatic rings. The average Bonchev–Trinajstić information content (AvgIpc) is 2.71. The van der Waals surface area contributed by atoms with Crippen LogP contribution in [0.2, 0.25) is 0 Å². The van der Waals surface area contributed by atoms with Crippen molar-refractivity contribution < 1.29 is 32.2 Å². The van der Waals surface area contributed by atoms with Crippen molar-refractivity contribution in [2.24, 2.45) is 0 Å². The van der Waals surface area contributed by atoms with Crippen LogP contribution < -0.4 is 14.8 Å². The third kappa shape index (κ3) is 6.13. The van der Waals surface area contributed by atoms with Gasteiger partial charge < -0.3 is 19.7 Å². The Morgan fingerprint density at radius 2 is 1.80 bits per heavy atom. The van der Waals surface area contributed by atoms with Crippen molar-refractivity contribution in [3.05, 3.63) is 53.6 Å². The predicted molar refractivity (Wildman–Crippen MR) is 105 cm³/mol. The van der Waals surface area contributed by atoms with E-state index in [1.165, 1.54) is 27.2 Å². The number of alkyl halides is 3. The number of halogens is 3. The van der Waals surface area contributed by atoms with Gasteiger partial charge in [0.05, 0.1) is 20.6 Å². The minimum absolute atomic E-state index is 0.0328. The lowest BCUT2D eigenvalue weighted by molar-refractivity contribution is -0.185. The fourth-order valence-electron chi connectivity index (χ4n) is 2.85. The van der Waals surface area contributed by atoms with Gasteiger partial charge in [-0.25, -0.2) is 0 Å². The minimum Gasteiger partial charge on any atom is -0.497 e. The van der Waals surface area contributed by atoms with E-state index in [4.69, 9.17) is 9.47 Å². The van der Waals surface area contributed by atoms with Gasteiger partial charge in [-0.1, -0.05) is 18.2 Å². The summed E-state index contributed by atoms with van der Waals surface area (Å²) in [6, 6.07) is 11.4. The molecule has 1 N–H and O–H groups in total. The monoisotopic (exact) mass is 424 g/mol. The summed E-state index contributed by atoms with van der Waals surface area (Å²) in [7, 11) is 3.01. The summed E-state index contributed by atoms with van der Waals surface area (Å²) in [5, 5.41) is 2.71. The third-order valence-electron chi connectivity index (χ3n) is 4.34. The molecule has 0 saturated heterocycles. The highest BCUT2D eigenvalue weighted by atomic mass is 19.4. The maximum absolute atomic E-state index is 12.7. The van der Waals surface area contributed by atoms with Crippen molar-refractivity contribution in [1.29, 1.82) is 0 Å². The van der Waals surface area contributed by atoms with E-state index in [0.29, 0.717) is 33.2 Å². The lowest BCUT2D eigenvalue weighted by atomic mass is 10.1. The fourth-order valence-corrected chi connectivity index (χ4v) is 2.85. The average molecular weight is 424 g/mol. The SMILES string of the molecule is CCN(Cc1cccc(NC(=O)Cc2ccc(OC)cc2OC)c1)C(=O)C(F)(F)F. The molecule has 0 atom stereocenters. The van der Waals surface area contributed by atoms with Crippen LogP contribution in [-0.2, 0) is 22.6 Å². The van der Waals surface area contributed by atoms with Gasteiger partial charge >= 0.3 is 12.1 Å². The van der Waals surface area contributed by atoms with E-state index in [9.17, 15) is 22.8 Å². The summed E-state index contributed by atoms with van der Waals surface area (Å²) in [6.45, 7) is 1.16. The molecule has 2 rings (SSSR count). The van der Waals surface area contributed by atoms with Crippen molar-refractivity contribution in [2.75, 3.05) is 26.1 Å². The molecule has 162 valence electrons. The van der Waals surface area contributed by atoms with Gasteiger partial charge in [-0.3, -0.25) is 9.59 Å². The van der Waals surface area contributed by atoms with Gasteiger partial charge in [0.25, 0.3) is 0 Å². The molecule has 0 aliphatic heterocycles. The number of methoxy groups -OCH3 is 2. The van der Waals surface area contributed by atoms with E-state index in [1.807, 2.05) is 0 Å². The van der Waals surface area contributed by atoms with Crippen LogP contribution in [0.25, 0.3) is 0 Å². The Bertz CT molecular complexity index is 900. The summed E-state index contributed by atoms with van der Waals surface area (Å²) in [6.07, 6.45) is -4.90. The Morgan fingerprint density at radius 3 is 2.40 bits per heavy atom. The first-order valence-electron chi connectivity index (χ1n) is 9.13. The lowest BCUT2D eigenvalue weighted by Gasteiger charge is -2.22. The molecule has 0 aliphatic carbocycles. The molecule has 0 bridgehead atoms. The molecule has 0 spiro atoms. The molecule has 0 heterocycles. The Labute approximate surface area is 172 Å². The number of rotatable bonds is 8. The van der Waals surface area contributed by atoms with Gasteiger partial charge in [0.15, 0.2) is 0 Å². The zero-order valence-electron chi connectivity index (χ0n) is 16.9. The van der Waals surface area contributed by atoms with Crippen LogP contribution >= 0.6 is 0 Å². The van der Waals surface area contributed by atoms with Gasteiger partial charge in [0, 0.05) is 30.4 Å². The largest absolute Gasteiger partial charge is 0.497 e. The first-order chi connectivity index (χ1) is 14.2. The smallest absolute Gasteiger partial charge is 0.471 e. The van der Waals surface area contributed by atoms with E-state index in [0.717, 1.165) is 0 Å². The Balaban J connectivity index is 2.08. The Morgan fingerprint density at radius 1 is 1.07 bits per heavy atom. The number of hydrogen-bond donors (Lipinski definition) is 1. The number of nitrogens with one attached hydrogen (secondary N) is 1. The summed E-state index contributed by atoms with van der Waals surface area (Å²) < 4.78 is 48.5. The molecule has 30 heavy (non-hydrogen) atoms. The summed E-state index contributed by atoms with van der Waals surface area (Å²) in [5.41, 5.74) is 1.54. The molecule has 6 nitrogen and oxygen atoms in total. The number of ether oxygens (including phenoxy) is 2. The molecule has 0 aromatic heterocycles. The van der Waals surface area contributed by atoms with E-state index in [1.54, 1.807) is 36.4 Å². The summed E-state index contributed by atoms with van der Waals surface area (Å²) in [4.78, 5) is 24.6. The summed E-state index contributed by atoms with van der Waals surface area (Å²) >= 11 is 0. The normalized spacial score (nSPS) is 11.0. The molecule has 2 aromatic rings. The fraction of sp³-hybridized carbons (Fsp3) is 0.333. The van der Waals surface area contributed by atoms with Gasteiger partial charge in [0.2, 0.25) is 5.91 Å². The van der Waals surface area contributed by atoms with Crippen LogP contribution in [0.5, 0.6) is 11.5 Å². The van der Waals surface area contributed by atoms with Crippen molar-refractivity contribution >= 4 is 17.5 Å². The van der Waals surface area contributed by atoms with E-state index in [-0.39, 0.29) is 25.4 Å². The lowest BCUT2D eigenvalue weighted by Crippen LogP contribution is -2.40. The maximum Gasteiger partial charge on any atom is 0.471 e. The number of nitrogens with zero attached hydrogens (tertiary/aromatic N) is 1. The molecule has 0 fully saturated rings. The van der Waals surface area contributed by atoms with Crippen LogP contribution in [0.3, 0.4) is 0 Å². The second kappa shape index (κ2) is 10.00. The number of hydrogen-bond acceptors (Lipinski definition) is 4. The van der Waals surface area contributed by atoms with E-state index < -0.39 is 12.1 Å². The first kappa shape index (κ1) is 23.1. The number of anilines is 1. The number of benzene rings is 2. The zero-order chi connectivity index (χ0) is 22.3. The molecule has 2 amide bonds. The Kier molecular flexibility index (Phi) is 7.68. The standard InChI is InChI=1S/C21H23F3N2O4/c1-4-26(20(28)21(22,23)24)13-14-6-5-7-16(10-14)25-19(27)11-15-8-9-17(29-2)12-18(15)30-3/h5-10,12H,4,11,13H2,1-3H3,(H,25,27). The number of carbonyl (C=O) groups excluding carboxylic acids is 2. The molecule has 0 saturated carbocycles. The Hall–Kier alpha value is -3.23. The van der Waals surface area contributed by atoms with E-state index >= 15 is 0 Å². The molecular formula is C21H23F3N2O4. The van der Waals surface area contributed by atoms with Gasteiger partial charge in [-0.15, -0.1) is 0 Å². The van der Waals surface area contributed by atoms with Crippen LogP contribution in [0, 0.1) is 0 Å². The van der Waals surface area contributed by atoms with Crippen molar-refractivity contribution in [3.63, 3.8) is 0 Å². The molecule has 0 unspecified atom stereocenters. The van der Waals surface area contributed by atoms with Crippen LogP contribution in [-0.4, -0.2) is 43.7 Å². The highest BCUT2D eigenvalue weighted by Crippen LogP contribution is 2.25. The third-order valence-corrected chi connectivity index (χ3v) is 4.34. The number of amides is 2. The number of carbonyl (C=O) groups is 2. The highest BCUT2D eigenvalue weighted by Gasteiger charge is 2.41. The van der Waals surface area contributed by atoms with Crippen molar-refractivity contribution in [1.82, 2.24) is 4.90 Å². The molecular weight excluding hydrogens is 401 g/mol. The van der Waals surface area contributed by atoms with Crippen LogP contribution in [0.1, 0.15) is 18.1 Å². The predicted octanol–water partition coefficient (Wildman–Crippen LogP) is 3.80. The van der Waals surface area contributed by atoms with Crippen LogP contribution in [0.4, 0.5) is 18.9 Å². The maximum atomic E-state index is 12.7. The molecule has 0 radical (unpaired) electrons. The van der Waals surface area contributed by atoms with Gasteiger partial charge in [-0.2, -0.15) is 13.2 Å². The van der Waals surface area contributed by atoms with E-state index in [2.05, 4.69) is 5.32 Å². The minimum atomic E-state index is -4.93. The molecule has 2 aromatic carbocycles. The molecule has 9 heteroatoms. The summed E-state index contributed by atoms with van der Waals surface area (Å²) in [5.74, 6) is -1.12. The second-order valence-corrected chi connectivity index (χ2v) is 6.42. The van der Waals surface area contributed by atoms with Crippen molar-refractivity contribution in [3.8, 4) is 11.5 Å². The second-order valence-electron chi connectivity index (χ2n) is 6.42. The highest BCUT2D eigenvalue weighted by molar-refractivity contribution is 5.92. The van der Waals surface area contributed by atoms with Crippen LogP contribution in [0.15, 0.2) is 42.5 Å². The quantitative estimate of drug-likeness (QED) is 0.700. The van der Waals surface area contributed by atoms with Gasteiger partial charge in [-0.05, 0) is 30.7 Å². The topological polar surface area (TPSA) is 67.9 Å². The first-order valence-corrected chi connectivity index (χ1v) is 9.13. The van der Waals surface area contributed by atoms with Crippen molar-refractivity contribution in [2.45, 2.75) is 26.1 Å². The van der Waals surface area contributed by atoms with Gasteiger partial charge in [0.1, 0.15) is 11.5 Å².